The molecule has 0 aliphatic carbocycles. The maximum atomic E-state index is 3.87. The summed E-state index contributed by atoms with van der Waals surface area (Å²) in [4.78, 5) is 3.87. The van der Waals surface area contributed by atoms with Gasteiger partial charge < -0.3 is 0 Å². The Morgan fingerprint density at radius 3 is 2.86 bits per heavy atom. The standard InChI is InChI=1S/C4H7N3/c1-4-2-5-3-6-7-4/h3-4H,2H2,1H3. The van der Waals surface area contributed by atoms with Gasteiger partial charge in [-0.15, -0.1) is 5.11 Å². The van der Waals surface area contributed by atoms with Crippen molar-refractivity contribution in [1.29, 1.82) is 0 Å². The van der Waals surface area contributed by atoms with Gasteiger partial charge in [-0.1, -0.05) is 0 Å². The third-order valence-corrected chi connectivity index (χ3v) is 0.767. The summed E-state index contributed by atoms with van der Waals surface area (Å²) >= 11 is 0. The zero-order valence-electron chi connectivity index (χ0n) is 4.20. The van der Waals surface area contributed by atoms with Crippen LogP contribution in [0.3, 0.4) is 0 Å². The van der Waals surface area contributed by atoms with E-state index in [1.54, 1.807) is 0 Å². The molecule has 0 bridgehead atoms. The smallest absolute Gasteiger partial charge is 0.132 e. The number of aliphatic imine (C=N–C) groups is 1. The Morgan fingerprint density at radius 2 is 2.57 bits per heavy atom. The highest BCUT2D eigenvalue weighted by Gasteiger charge is 1.96. The van der Waals surface area contributed by atoms with E-state index in [2.05, 4.69) is 15.2 Å². The van der Waals surface area contributed by atoms with Gasteiger partial charge >= 0.3 is 0 Å². The zero-order chi connectivity index (χ0) is 5.11. The highest BCUT2D eigenvalue weighted by molar-refractivity contribution is 5.54. The number of rotatable bonds is 0. The summed E-state index contributed by atoms with van der Waals surface area (Å²) in [5.74, 6) is 0. The third-order valence-electron chi connectivity index (χ3n) is 0.767. The molecule has 0 saturated heterocycles. The van der Waals surface area contributed by atoms with Gasteiger partial charge in [-0.3, -0.25) is 4.99 Å². The number of azo groups is 1. The summed E-state index contributed by atoms with van der Waals surface area (Å²) in [6.45, 7) is 2.78. The van der Waals surface area contributed by atoms with Gasteiger partial charge in [0.15, 0.2) is 0 Å². The van der Waals surface area contributed by atoms with E-state index in [0.29, 0.717) is 6.04 Å². The lowest BCUT2D eigenvalue weighted by Gasteiger charge is -2.00. The average Bonchev–Trinajstić information content (AvgIpc) is 1.69. The number of hydrogen-bond acceptors (Lipinski definition) is 3. The molecule has 1 heterocycles. The molecule has 0 saturated carbocycles. The second-order valence-corrected chi connectivity index (χ2v) is 1.56. The predicted molar refractivity (Wildman–Crippen MR) is 27.7 cm³/mol. The lowest BCUT2D eigenvalue weighted by molar-refractivity contribution is 0.703. The lowest BCUT2D eigenvalue weighted by atomic mass is 10.4. The molecule has 1 aliphatic heterocycles. The zero-order valence-corrected chi connectivity index (χ0v) is 4.20. The van der Waals surface area contributed by atoms with Crippen LogP contribution in [0.2, 0.25) is 0 Å². The highest BCUT2D eigenvalue weighted by atomic mass is 15.2. The van der Waals surface area contributed by atoms with Crippen molar-refractivity contribution in [1.82, 2.24) is 0 Å². The van der Waals surface area contributed by atoms with Crippen LogP contribution in [0.1, 0.15) is 6.92 Å². The van der Waals surface area contributed by atoms with Crippen molar-refractivity contribution >= 4 is 6.34 Å². The molecule has 3 heteroatoms. The van der Waals surface area contributed by atoms with Crippen LogP contribution in [0.4, 0.5) is 0 Å². The van der Waals surface area contributed by atoms with E-state index in [1.807, 2.05) is 6.92 Å². The predicted octanol–water partition coefficient (Wildman–Crippen LogP) is 0.869. The van der Waals surface area contributed by atoms with E-state index in [0.717, 1.165) is 6.54 Å². The van der Waals surface area contributed by atoms with Crippen molar-refractivity contribution in [3.8, 4) is 0 Å². The molecule has 1 rings (SSSR count). The first kappa shape index (κ1) is 4.43. The molecule has 0 aromatic heterocycles. The summed E-state index contributed by atoms with van der Waals surface area (Å²) in [5, 5.41) is 7.40. The van der Waals surface area contributed by atoms with E-state index in [9.17, 15) is 0 Å². The van der Waals surface area contributed by atoms with Crippen molar-refractivity contribution in [2.75, 3.05) is 6.54 Å². The van der Waals surface area contributed by atoms with E-state index in [1.165, 1.54) is 6.34 Å². The van der Waals surface area contributed by atoms with Gasteiger partial charge in [0.05, 0.1) is 12.6 Å². The molecule has 0 aromatic rings. The molecule has 0 spiro atoms. The Kier molecular flexibility index (Phi) is 1.15. The fourth-order valence-electron chi connectivity index (χ4n) is 0.416. The molecule has 0 fully saturated rings. The molecule has 1 atom stereocenters. The molecule has 1 unspecified atom stereocenters. The van der Waals surface area contributed by atoms with Crippen molar-refractivity contribution in [3.05, 3.63) is 0 Å². The molecule has 0 amide bonds. The monoisotopic (exact) mass is 97.1 g/mol. The highest BCUT2D eigenvalue weighted by Crippen LogP contribution is 1.93. The Hall–Kier alpha value is -0.730. The fourth-order valence-corrected chi connectivity index (χ4v) is 0.416. The van der Waals surface area contributed by atoms with Crippen LogP contribution in [0.25, 0.3) is 0 Å². The van der Waals surface area contributed by atoms with Crippen molar-refractivity contribution in [2.24, 2.45) is 15.2 Å². The van der Waals surface area contributed by atoms with Gasteiger partial charge in [0.2, 0.25) is 0 Å². The lowest BCUT2D eigenvalue weighted by Crippen LogP contribution is -2.04. The summed E-state index contributed by atoms with van der Waals surface area (Å²) < 4.78 is 0. The second kappa shape index (κ2) is 1.82. The maximum absolute atomic E-state index is 3.87. The summed E-state index contributed by atoms with van der Waals surface area (Å²) in [5.41, 5.74) is 0. The molecule has 7 heavy (non-hydrogen) atoms. The topological polar surface area (TPSA) is 37.1 Å². The third kappa shape index (κ3) is 1.07. The first-order valence-electron chi connectivity index (χ1n) is 2.28. The van der Waals surface area contributed by atoms with Crippen LogP contribution in [-0.4, -0.2) is 18.9 Å². The van der Waals surface area contributed by atoms with E-state index < -0.39 is 0 Å². The molecule has 1 aliphatic rings. The van der Waals surface area contributed by atoms with Gasteiger partial charge in [-0.2, -0.15) is 5.11 Å². The first-order valence-corrected chi connectivity index (χ1v) is 2.28. The molecule has 3 nitrogen and oxygen atoms in total. The Labute approximate surface area is 42.2 Å². The molecular formula is C4H7N3. The molecule has 0 aromatic carbocycles. The summed E-state index contributed by atoms with van der Waals surface area (Å²) in [6, 6.07) is 0.296. The van der Waals surface area contributed by atoms with Gasteiger partial charge in [0.25, 0.3) is 0 Å². The van der Waals surface area contributed by atoms with Crippen molar-refractivity contribution in [2.45, 2.75) is 13.0 Å². The van der Waals surface area contributed by atoms with Crippen molar-refractivity contribution in [3.63, 3.8) is 0 Å². The van der Waals surface area contributed by atoms with Crippen LogP contribution in [-0.2, 0) is 0 Å². The maximum Gasteiger partial charge on any atom is 0.132 e. The van der Waals surface area contributed by atoms with Gasteiger partial charge in [-0.05, 0) is 6.92 Å². The largest absolute Gasteiger partial charge is 0.269 e. The fraction of sp³-hybridized carbons (Fsp3) is 0.750. The Balaban J connectivity index is 2.49. The summed E-state index contributed by atoms with van der Waals surface area (Å²) in [7, 11) is 0. The first-order chi connectivity index (χ1) is 3.39. The minimum Gasteiger partial charge on any atom is -0.269 e. The Bertz CT molecular complexity index is 106. The van der Waals surface area contributed by atoms with Gasteiger partial charge in [0.1, 0.15) is 6.34 Å². The molecular weight excluding hydrogens is 90.1 g/mol. The van der Waals surface area contributed by atoms with Crippen LogP contribution < -0.4 is 0 Å². The van der Waals surface area contributed by atoms with E-state index in [4.69, 9.17) is 0 Å². The SMILES string of the molecule is CC1CN=CN=N1. The van der Waals surface area contributed by atoms with Crippen LogP contribution in [0.5, 0.6) is 0 Å². The van der Waals surface area contributed by atoms with Crippen LogP contribution in [0, 0.1) is 0 Å². The number of hydrogen-bond donors (Lipinski definition) is 0. The van der Waals surface area contributed by atoms with Gasteiger partial charge in [-0.25, -0.2) is 0 Å². The second-order valence-electron chi connectivity index (χ2n) is 1.56. The van der Waals surface area contributed by atoms with E-state index >= 15 is 0 Å². The Morgan fingerprint density at radius 1 is 1.71 bits per heavy atom. The number of nitrogens with zero attached hydrogens (tertiary/aromatic N) is 3. The van der Waals surface area contributed by atoms with E-state index in [-0.39, 0.29) is 0 Å². The van der Waals surface area contributed by atoms with Gasteiger partial charge in [0, 0.05) is 0 Å². The minimum atomic E-state index is 0.296. The molecule has 38 valence electrons. The van der Waals surface area contributed by atoms with Crippen LogP contribution >= 0.6 is 0 Å². The molecule has 0 N–H and O–H groups in total. The van der Waals surface area contributed by atoms with Crippen molar-refractivity contribution < 1.29 is 0 Å². The normalized spacial score (nSPS) is 28.4. The quantitative estimate of drug-likeness (QED) is 0.430. The minimum absolute atomic E-state index is 0.296. The molecule has 0 radical (unpaired) electrons. The average molecular weight is 97.1 g/mol. The summed E-state index contributed by atoms with van der Waals surface area (Å²) in [6.07, 6.45) is 1.49. The van der Waals surface area contributed by atoms with Crippen LogP contribution in [0.15, 0.2) is 15.2 Å².